The van der Waals surface area contributed by atoms with Crippen LogP contribution in [0.1, 0.15) is 17.2 Å². The second-order valence-electron chi connectivity index (χ2n) is 6.21. The molecule has 28 heavy (non-hydrogen) atoms. The summed E-state index contributed by atoms with van der Waals surface area (Å²) in [5.41, 5.74) is 1.37. The number of hydrogen-bond acceptors (Lipinski definition) is 4. The van der Waals surface area contributed by atoms with E-state index in [4.69, 9.17) is 4.74 Å². The van der Waals surface area contributed by atoms with E-state index in [0.29, 0.717) is 6.42 Å². The summed E-state index contributed by atoms with van der Waals surface area (Å²) in [7, 11) is 0. The SMILES string of the molecule is O=C[C@H](Cc1ccccc1)n1cccc(NC(=O)OCc2ccccc2)c1=O. The van der Waals surface area contributed by atoms with Crippen molar-refractivity contribution in [2.45, 2.75) is 19.1 Å². The molecule has 0 saturated heterocycles. The van der Waals surface area contributed by atoms with Crippen LogP contribution in [0.4, 0.5) is 10.5 Å². The maximum absolute atomic E-state index is 12.7. The zero-order chi connectivity index (χ0) is 19.8. The minimum Gasteiger partial charge on any atom is -0.444 e. The lowest BCUT2D eigenvalue weighted by atomic mass is 10.1. The number of aromatic nitrogens is 1. The predicted octanol–water partition coefficient (Wildman–Crippen LogP) is 3.58. The van der Waals surface area contributed by atoms with Gasteiger partial charge in [0.2, 0.25) is 0 Å². The standard InChI is InChI=1S/C22H20N2O4/c25-15-19(14-17-8-3-1-4-9-17)24-13-7-12-20(21(24)26)23-22(27)28-16-18-10-5-2-6-11-18/h1-13,15,19H,14,16H2,(H,23,27)/t19-/m0/s1. The third-order valence-electron chi connectivity index (χ3n) is 4.23. The predicted molar refractivity (Wildman–Crippen MR) is 106 cm³/mol. The monoisotopic (exact) mass is 376 g/mol. The van der Waals surface area contributed by atoms with Crippen LogP contribution in [0, 0.1) is 0 Å². The first kappa shape index (κ1) is 19.1. The lowest BCUT2D eigenvalue weighted by Crippen LogP contribution is -2.30. The molecule has 142 valence electrons. The Morgan fingerprint density at radius 3 is 2.25 bits per heavy atom. The molecule has 0 unspecified atom stereocenters. The average molecular weight is 376 g/mol. The number of carbonyl (C=O) groups excluding carboxylic acids is 2. The molecule has 0 fully saturated rings. The van der Waals surface area contributed by atoms with Crippen LogP contribution in [-0.4, -0.2) is 16.9 Å². The van der Waals surface area contributed by atoms with Crippen LogP contribution >= 0.6 is 0 Å². The topological polar surface area (TPSA) is 77.4 Å². The summed E-state index contributed by atoms with van der Waals surface area (Å²) in [6.07, 6.45) is 1.91. The second-order valence-corrected chi connectivity index (χ2v) is 6.21. The van der Waals surface area contributed by atoms with Crippen LogP contribution in [0.3, 0.4) is 0 Å². The number of amides is 1. The van der Waals surface area contributed by atoms with Crippen LogP contribution in [0.25, 0.3) is 0 Å². The van der Waals surface area contributed by atoms with Gasteiger partial charge in [-0.2, -0.15) is 0 Å². The van der Waals surface area contributed by atoms with Gasteiger partial charge in [0.25, 0.3) is 5.56 Å². The molecule has 1 N–H and O–H groups in total. The lowest BCUT2D eigenvalue weighted by Gasteiger charge is -2.15. The Kier molecular flexibility index (Phi) is 6.36. The highest BCUT2D eigenvalue weighted by Crippen LogP contribution is 2.12. The molecule has 2 aromatic carbocycles. The van der Waals surface area contributed by atoms with E-state index < -0.39 is 17.7 Å². The second kappa shape index (κ2) is 9.32. The number of benzene rings is 2. The molecule has 1 atom stereocenters. The number of rotatable bonds is 7. The minimum atomic E-state index is -0.732. The van der Waals surface area contributed by atoms with Gasteiger partial charge in [0.1, 0.15) is 18.6 Å². The zero-order valence-corrected chi connectivity index (χ0v) is 15.2. The van der Waals surface area contributed by atoms with Crippen LogP contribution in [-0.2, 0) is 22.6 Å². The molecule has 3 rings (SSSR count). The number of anilines is 1. The third-order valence-corrected chi connectivity index (χ3v) is 4.23. The molecular weight excluding hydrogens is 356 g/mol. The first-order valence-corrected chi connectivity index (χ1v) is 8.85. The van der Waals surface area contributed by atoms with Crippen LogP contribution < -0.4 is 10.9 Å². The van der Waals surface area contributed by atoms with E-state index in [9.17, 15) is 14.4 Å². The van der Waals surface area contributed by atoms with Crippen LogP contribution in [0.5, 0.6) is 0 Å². The normalized spacial score (nSPS) is 11.4. The molecule has 0 saturated carbocycles. The Bertz CT molecular complexity index is 984. The molecule has 1 aromatic heterocycles. The molecule has 0 aliphatic carbocycles. The van der Waals surface area contributed by atoms with E-state index in [2.05, 4.69) is 5.32 Å². The Morgan fingerprint density at radius 1 is 0.964 bits per heavy atom. The number of aldehydes is 1. The van der Waals surface area contributed by atoms with Gasteiger partial charge in [-0.1, -0.05) is 60.7 Å². The maximum atomic E-state index is 12.7. The van der Waals surface area contributed by atoms with Crippen LogP contribution in [0.15, 0.2) is 83.8 Å². The summed E-state index contributed by atoms with van der Waals surface area (Å²) in [4.78, 5) is 36.3. The van der Waals surface area contributed by atoms with Crippen molar-refractivity contribution in [1.29, 1.82) is 0 Å². The van der Waals surface area contributed by atoms with Crippen LogP contribution in [0.2, 0.25) is 0 Å². The summed E-state index contributed by atoms with van der Waals surface area (Å²) in [6, 6.07) is 21.1. The van der Waals surface area contributed by atoms with E-state index in [-0.39, 0.29) is 12.3 Å². The van der Waals surface area contributed by atoms with Gasteiger partial charge in [0, 0.05) is 12.6 Å². The maximum Gasteiger partial charge on any atom is 0.412 e. The van der Waals surface area contributed by atoms with E-state index in [1.807, 2.05) is 60.7 Å². The number of hydrogen-bond donors (Lipinski definition) is 1. The summed E-state index contributed by atoms with van der Waals surface area (Å²) < 4.78 is 6.45. The first-order valence-electron chi connectivity index (χ1n) is 8.85. The van der Waals surface area contributed by atoms with Crippen molar-refractivity contribution >= 4 is 18.1 Å². The first-order chi connectivity index (χ1) is 13.7. The van der Waals surface area contributed by atoms with E-state index in [1.165, 1.54) is 16.8 Å². The minimum absolute atomic E-state index is 0.0560. The highest BCUT2D eigenvalue weighted by atomic mass is 16.5. The van der Waals surface area contributed by atoms with Crippen molar-refractivity contribution in [3.05, 3.63) is 100 Å². The smallest absolute Gasteiger partial charge is 0.412 e. The quantitative estimate of drug-likeness (QED) is 0.640. The van der Waals surface area contributed by atoms with Crippen molar-refractivity contribution in [2.24, 2.45) is 0 Å². The fourth-order valence-corrected chi connectivity index (χ4v) is 2.80. The molecule has 0 aliphatic rings. The molecule has 3 aromatic rings. The van der Waals surface area contributed by atoms with Crippen molar-refractivity contribution in [3.8, 4) is 0 Å². The Morgan fingerprint density at radius 2 is 1.61 bits per heavy atom. The molecule has 6 heteroatoms. The highest BCUT2D eigenvalue weighted by molar-refractivity contribution is 5.84. The molecule has 0 bridgehead atoms. The summed E-state index contributed by atoms with van der Waals surface area (Å²) >= 11 is 0. The van der Waals surface area contributed by atoms with Gasteiger partial charge in [0.15, 0.2) is 0 Å². The van der Waals surface area contributed by atoms with E-state index in [0.717, 1.165) is 17.4 Å². The Labute approximate surface area is 162 Å². The molecule has 0 aliphatic heterocycles. The van der Waals surface area contributed by atoms with E-state index >= 15 is 0 Å². The van der Waals surface area contributed by atoms with Gasteiger partial charge in [0.05, 0.1) is 6.04 Å². The number of ether oxygens (including phenoxy) is 1. The largest absolute Gasteiger partial charge is 0.444 e. The third kappa shape index (κ3) is 4.94. The van der Waals surface area contributed by atoms with Crippen molar-refractivity contribution in [2.75, 3.05) is 5.32 Å². The molecular formula is C22H20N2O4. The molecule has 0 radical (unpaired) electrons. The number of nitrogens with one attached hydrogen (secondary N) is 1. The van der Waals surface area contributed by atoms with Crippen molar-refractivity contribution < 1.29 is 14.3 Å². The lowest BCUT2D eigenvalue weighted by molar-refractivity contribution is -0.110. The van der Waals surface area contributed by atoms with Gasteiger partial charge in [-0.3, -0.25) is 10.1 Å². The van der Waals surface area contributed by atoms with Gasteiger partial charge >= 0.3 is 6.09 Å². The average Bonchev–Trinajstić information content (AvgIpc) is 2.74. The molecule has 0 spiro atoms. The number of nitrogens with zero attached hydrogens (tertiary/aromatic N) is 1. The number of carbonyl (C=O) groups is 2. The van der Waals surface area contributed by atoms with Crippen molar-refractivity contribution in [3.63, 3.8) is 0 Å². The zero-order valence-electron chi connectivity index (χ0n) is 15.2. The highest BCUT2D eigenvalue weighted by Gasteiger charge is 2.15. The summed E-state index contributed by atoms with van der Waals surface area (Å²) in [5, 5.41) is 2.45. The van der Waals surface area contributed by atoms with Gasteiger partial charge in [-0.15, -0.1) is 0 Å². The molecule has 6 nitrogen and oxygen atoms in total. The number of pyridine rings is 1. The molecule has 1 amide bonds. The fraction of sp³-hybridized carbons (Fsp3) is 0.136. The summed E-state index contributed by atoms with van der Waals surface area (Å²) in [6.45, 7) is 0.0959. The Hall–Kier alpha value is -3.67. The summed E-state index contributed by atoms with van der Waals surface area (Å²) in [5.74, 6) is 0. The Balaban J connectivity index is 1.70. The van der Waals surface area contributed by atoms with Gasteiger partial charge in [-0.05, 0) is 23.3 Å². The van der Waals surface area contributed by atoms with Gasteiger partial charge < -0.3 is 14.1 Å². The van der Waals surface area contributed by atoms with E-state index in [1.54, 1.807) is 6.07 Å². The van der Waals surface area contributed by atoms with Gasteiger partial charge in [-0.25, -0.2) is 4.79 Å². The van der Waals surface area contributed by atoms with Crippen molar-refractivity contribution in [1.82, 2.24) is 4.57 Å². The fourth-order valence-electron chi connectivity index (χ4n) is 2.80. The molecule has 1 heterocycles.